The Hall–Kier alpha value is -5.45. The summed E-state index contributed by atoms with van der Waals surface area (Å²) in [6, 6.07) is 20.9. The van der Waals surface area contributed by atoms with Crippen LogP contribution in [-0.2, 0) is 20.0 Å². The molecule has 0 amide bonds. The van der Waals surface area contributed by atoms with Gasteiger partial charge in [0.1, 0.15) is 22.5 Å². The Balaban J connectivity index is 0.000000493. The van der Waals surface area contributed by atoms with E-state index < -0.39 is 20.0 Å². The fourth-order valence-electron chi connectivity index (χ4n) is 4.40. The van der Waals surface area contributed by atoms with Crippen LogP contribution in [0.15, 0.2) is 99.5 Å². The van der Waals surface area contributed by atoms with E-state index in [2.05, 4.69) is 52.6 Å². The van der Waals surface area contributed by atoms with Gasteiger partial charge >= 0.3 is 0 Å². The minimum Gasteiger partial charge on any atom is -0.494 e. The zero-order chi connectivity index (χ0) is 35.3. The van der Waals surface area contributed by atoms with E-state index in [1.807, 2.05) is 12.1 Å². The van der Waals surface area contributed by atoms with Crippen molar-refractivity contribution in [1.82, 2.24) is 19.9 Å². The highest BCUT2D eigenvalue weighted by molar-refractivity contribution is 9.10. The van der Waals surface area contributed by atoms with Gasteiger partial charge in [0.25, 0.3) is 0 Å². The molecule has 0 saturated carbocycles. The van der Waals surface area contributed by atoms with Crippen LogP contribution in [0.2, 0.25) is 0 Å². The number of halogens is 1. The molecular weight excluding hydrogens is 786 g/mol. The van der Waals surface area contributed by atoms with Gasteiger partial charge in [-0.25, -0.2) is 47.0 Å². The molecule has 0 bridgehead atoms. The van der Waals surface area contributed by atoms with Crippen LogP contribution in [0.1, 0.15) is 35.3 Å². The number of anilines is 4. The van der Waals surface area contributed by atoms with Crippen molar-refractivity contribution >= 4 is 81.1 Å². The molecule has 0 saturated heterocycles. The first-order valence-corrected chi connectivity index (χ1v) is 17.7. The van der Waals surface area contributed by atoms with Crippen molar-refractivity contribution in [1.29, 1.82) is 5.26 Å². The molecule has 0 radical (unpaired) electrons. The van der Waals surface area contributed by atoms with Gasteiger partial charge < -0.3 is 20.1 Å². The Kier molecular flexibility index (Phi) is 16.2. The highest BCUT2D eigenvalue weighted by atomic mass is 79.9. The molecule has 6 N–H and O–H groups in total. The maximum Gasteiger partial charge on any atom is 0.238 e. The summed E-state index contributed by atoms with van der Waals surface area (Å²) >= 11 is 3.41. The largest absolute Gasteiger partial charge is 0.494 e. The lowest BCUT2D eigenvalue weighted by molar-refractivity contribution is 0.418. The van der Waals surface area contributed by atoms with Gasteiger partial charge in [0.2, 0.25) is 31.9 Å². The van der Waals surface area contributed by atoms with Gasteiger partial charge in [0, 0.05) is 45.1 Å². The van der Waals surface area contributed by atoms with E-state index in [0.29, 0.717) is 56.8 Å². The molecular formula is C35H42BrN9O6S2. The van der Waals surface area contributed by atoms with Crippen LogP contribution in [-0.4, -0.2) is 51.0 Å². The summed E-state index contributed by atoms with van der Waals surface area (Å²) in [6.45, 7) is 0. The van der Waals surface area contributed by atoms with Crippen molar-refractivity contribution in [3.8, 4) is 17.6 Å². The molecule has 53 heavy (non-hydrogen) atoms. The Morgan fingerprint density at radius 3 is 1.43 bits per heavy atom. The van der Waals surface area contributed by atoms with Gasteiger partial charge in [-0.15, -0.1) is 0 Å². The molecule has 0 aliphatic carbocycles. The van der Waals surface area contributed by atoms with Crippen LogP contribution in [0.25, 0.3) is 21.8 Å². The minimum absolute atomic E-state index is 0. The second-order valence-corrected chi connectivity index (χ2v) is 14.1. The monoisotopic (exact) mass is 827 g/mol. The van der Waals surface area contributed by atoms with E-state index >= 15 is 0 Å². The molecule has 6 rings (SSSR count). The molecule has 0 aliphatic heterocycles. The summed E-state index contributed by atoms with van der Waals surface area (Å²) in [6.07, 6.45) is 3.25. The SMILES string of the molecule is C.C.C.C.COc1cc(Br)cc2cnc(Nc3ccc(S(N)(=O)=O)cc3)nc12.COc1cc(C#N)cc2cnc(Nc3ccc(S(N)(=O)=O)cc3)nc12. The number of hydrogen-bond donors (Lipinski definition) is 4. The first-order chi connectivity index (χ1) is 23.3. The Morgan fingerprint density at radius 1 is 0.660 bits per heavy atom. The van der Waals surface area contributed by atoms with E-state index in [1.54, 1.807) is 55.9 Å². The number of ether oxygens (including phenoxy) is 2. The first-order valence-electron chi connectivity index (χ1n) is 13.8. The van der Waals surface area contributed by atoms with E-state index in [-0.39, 0.29) is 39.5 Å². The van der Waals surface area contributed by atoms with Crippen LogP contribution in [0.5, 0.6) is 11.5 Å². The van der Waals surface area contributed by atoms with Crippen molar-refractivity contribution in [2.75, 3.05) is 24.9 Å². The predicted molar refractivity (Wildman–Crippen MR) is 214 cm³/mol. The number of primary sulfonamides is 2. The van der Waals surface area contributed by atoms with E-state index in [9.17, 15) is 16.8 Å². The summed E-state index contributed by atoms with van der Waals surface area (Å²) < 4.78 is 56.5. The molecule has 282 valence electrons. The molecule has 0 unspecified atom stereocenters. The highest BCUT2D eigenvalue weighted by Gasteiger charge is 2.12. The van der Waals surface area contributed by atoms with Crippen molar-refractivity contribution < 1.29 is 26.3 Å². The average Bonchev–Trinajstić information content (AvgIpc) is 3.07. The lowest BCUT2D eigenvalue weighted by Crippen LogP contribution is -2.11. The number of nitrogens with zero attached hydrogens (tertiary/aromatic N) is 5. The number of hydrogen-bond acceptors (Lipinski definition) is 13. The number of methoxy groups -OCH3 is 2. The van der Waals surface area contributed by atoms with Gasteiger partial charge in [-0.2, -0.15) is 5.26 Å². The maximum atomic E-state index is 11.3. The zero-order valence-electron chi connectivity index (χ0n) is 25.6. The topological polar surface area (TPSA) is 238 Å². The Bertz CT molecular complexity index is 2450. The van der Waals surface area contributed by atoms with Crippen molar-refractivity contribution in [3.05, 3.63) is 95.2 Å². The summed E-state index contributed by atoms with van der Waals surface area (Å²) in [7, 11) is -4.38. The standard InChI is InChI=1S/C16H13N5O3S.C15H13BrN4O3S.4CH4/c1-24-14-7-10(8-17)6-11-9-19-16(21-15(11)14)20-12-2-4-13(5-3-12)25(18,22)23;1-23-13-7-10(16)6-9-8-18-15(20-14(9)13)19-11-2-4-12(5-3-11)24(17,21)22;;;;/h2-7,9H,1H3,(H2,18,22,23)(H,19,20,21);2-8H,1H3,(H2,17,21,22)(H,18,19,20);4*1H4. The minimum atomic E-state index is -3.74. The van der Waals surface area contributed by atoms with Crippen LogP contribution >= 0.6 is 15.9 Å². The van der Waals surface area contributed by atoms with Crippen LogP contribution in [0, 0.1) is 11.3 Å². The van der Waals surface area contributed by atoms with Gasteiger partial charge in [0.15, 0.2) is 0 Å². The number of nitrogens with two attached hydrogens (primary N) is 2. The molecule has 0 atom stereocenters. The summed E-state index contributed by atoms with van der Waals surface area (Å²) in [5.74, 6) is 1.75. The third kappa shape index (κ3) is 11.3. The molecule has 0 spiro atoms. The third-order valence-corrected chi connectivity index (χ3v) is 9.02. The van der Waals surface area contributed by atoms with Crippen LogP contribution in [0.4, 0.5) is 23.3 Å². The smallest absolute Gasteiger partial charge is 0.238 e. The number of benzene rings is 4. The average molecular weight is 829 g/mol. The zero-order valence-corrected chi connectivity index (χ0v) is 28.8. The maximum absolute atomic E-state index is 11.3. The summed E-state index contributed by atoms with van der Waals surface area (Å²) in [5, 5.41) is 26.7. The summed E-state index contributed by atoms with van der Waals surface area (Å²) in [4.78, 5) is 17.3. The molecule has 0 fully saturated rings. The van der Waals surface area contributed by atoms with E-state index in [0.717, 1.165) is 9.86 Å². The van der Waals surface area contributed by atoms with Crippen LogP contribution in [0.3, 0.4) is 0 Å². The molecule has 2 aromatic heterocycles. The number of aromatic nitrogens is 4. The lowest BCUT2D eigenvalue weighted by atomic mass is 10.1. The van der Waals surface area contributed by atoms with Crippen molar-refractivity contribution in [2.45, 2.75) is 39.5 Å². The van der Waals surface area contributed by atoms with Crippen LogP contribution < -0.4 is 30.4 Å². The molecule has 18 heteroatoms. The molecule has 0 aliphatic rings. The number of fused-ring (bicyclic) bond motifs is 2. The Labute approximate surface area is 318 Å². The Morgan fingerprint density at radius 2 is 1.06 bits per heavy atom. The van der Waals surface area contributed by atoms with Gasteiger partial charge in [0.05, 0.1) is 35.6 Å². The van der Waals surface area contributed by atoms with E-state index in [4.69, 9.17) is 25.0 Å². The fourth-order valence-corrected chi connectivity index (χ4v) is 5.89. The molecule has 15 nitrogen and oxygen atoms in total. The predicted octanol–water partition coefficient (Wildman–Crippen LogP) is 7.24. The second kappa shape index (κ2) is 18.9. The third-order valence-electron chi connectivity index (χ3n) is 6.71. The first kappa shape index (κ1) is 45.6. The second-order valence-electron chi connectivity index (χ2n) is 10.1. The quantitative estimate of drug-likeness (QED) is 0.119. The highest BCUT2D eigenvalue weighted by Crippen LogP contribution is 2.30. The number of sulfonamides is 2. The van der Waals surface area contributed by atoms with Gasteiger partial charge in [-0.1, -0.05) is 45.6 Å². The molecule has 2 heterocycles. The van der Waals surface area contributed by atoms with Crippen molar-refractivity contribution in [3.63, 3.8) is 0 Å². The fraction of sp³-hybridized carbons (Fsp3) is 0.171. The summed E-state index contributed by atoms with van der Waals surface area (Å²) in [5.41, 5.74) is 2.91. The van der Waals surface area contributed by atoms with Crippen molar-refractivity contribution in [2.24, 2.45) is 10.3 Å². The number of nitriles is 1. The normalized spacial score (nSPS) is 10.4. The van der Waals surface area contributed by atoms with Gasteiger partial charge in [-0.05, 0) is 66.7 Å². The van der Waals surface area contributed by atoms with E-state index in [1.165, 1.54) is 31.4 Å². The number of nitrogens with one attached hydrogen (secondary N) is 2. The van der Waals surface area contributed by atoms with Gasteiger partial charge in [-0.3, -0.25) is 0 Å². The number of rotatable bonds is 8. The lowest BCUT2D eigenvalue weighted by Gasteiger charge is -2.09. The molecule has 6 aromatic rings. The molecule has 4 aromatic carbocycles.